The van der Waals surface area contributed by atoms with Gasteiger partial charge in [-0.3, -0.25) is 0 Å². The molecule has 1 fully saturated rings. The Morgan fingerprint density at radius 1 is 1.62 bits per heavy atom. The molecular weight excluding hydrogens is 120 g/mol. The standard InChI is InChI=1S/C5H5N2S/c1-2-4(1)5-6-3-7-8-5/h4H,1-2H2. The molecular formula is C5H5N2S. The highest BCUT2D eigenvalue weighted by Gasteiger charge is 2.26. The van der Waals surface area contributed by atoms with Crippen molar-refractivity contribution >= 4 is 11.5 Å². The van der Waals surface area contributed by atoms with Gasteiger partial charge in [0.1, 0.15) is 5.01 Å². The van der Waals surface area contributed by atoms with Crippen molar-refractivity contribution < 1.29 is 0 Å². The van der Waals surface area contributed by atoms with Gasteiger partial charge in [-0.05, 0) is 24.4 Å². The van der Waals surface area contributed by atoms with Crippen molar-refractivity contribution in [3.8, 4) is 0 Å². The van der Waals surface area contributed by atoms with Crippen LogP contribution in [0.25, 0.3) is 0 Å². The van der Waals surface area contributed by atoms with Crippen LogP contribution in [-0.4, -0.2) is 9.36 Å². The maximum atomic E-state index is 3.96. The molecule has 0 bridgehead atoms. The van der Waals surface area contributed by atoms with Crippen molar-refractivity contribution in [3.05, 3.63) is 11.3 Å². The molecule has 41 valence electrons. The SMILES string of the molecule is [c]1nsc(C2CC2)n1. The molecule has 1 aromatic rings. The minimum atomic E-state index is 0.749. The Bertz CT molecular complexity index is 167. The predicted molar refractivity (Wildman–Crippen MR) is 30.7 cm³/mol. The van der Waals surface area contributed by atoms with Gasteiger partial charge in [-0.25, -0.2) is 4.98 Å². The highest BCUT2D eigenvalue weighted by atomic mass is 32.1. The molecule has 2 rings (SSSR count). The van der Waals surface area contributed by atoms with Gasteiger partial charge >= 0.3 is 0 Å². The quantitative estimate of drug-likeness (QED) is 0.564. The van der Waals surface area contributed by atoms with Crippen LogP contribution >= 0.6 is 11.5 Å². The minimum absolute atomic E-state index is 0.749. The second kappa shape index (κ2) is 1.52. The van der Waals surface area contributed by atoms with Crippen molar-refractivity contribution in [2.24, 2.45) is 0 Å². The van der Waals surface area contributed by atoms with Crippen molar-refractivity contribution in [1.29, 1.82) is 0 Å². The van der Waals surface area contributed by atoms with Crippen LogP contribution in [0.2, 0.25) is 0 Å². The molecule has 0 aromatic carbocycles. The maximum Gasteiger partial charge on any atom is 0.211 e. The van der Waals surface area contributed by atoms with E-state index in [0.717, 1.165) is 5.92 Å². The topological polar surface area (TPSA) is 25.8 Å². The van der Waals surface area contributed by atoms with Crippen LogP contribution in [-0.2, 0) is 0 Å². The third-order valence-corrected chi connectivity index (χ3v) is 2.05. The van der Waals surface area contributed by atoms with Crippen LogP contribution in [0.4, 0.5) is 0 Å². The maximum absolute atomic E-state index is 3.96. The van der Waals surface area contributed by atoms with Crippen molar-refractivity contribution in [3.63, 3.8) is 0 Å². The first-order valence-electron chi connectivity index (χ1n) is 2.66. The molecule has 0 spiro atoms. The van der Waals surface area contributed by atoms with Crippen LogP contribution in [0.15, 0.2) is 0 Å². The van der Waals surface area contributed by atoms with E-state index in [-0.39, 0.29) is 0 Å². The summed E-state index contributed by atoms with van der Waals surface area (Å²) < 4.78 is 3.79. The van der Waals surface area contributed by atoms with Crippen LogP contribution in [0.5, 0.6) is 0 Å². The number of hydrogen-bond donors (Lipinski definition) is 0. The normalized spacial score (nSPS) is 19.0. The molecule has 0 saturated heterocycles. The van der Waals surface area contributed by atoms with E-state index in [1.165, 1.54) is 29.4 Å². The number of nitrogens with zero attached hydrogens (tertiary/aromatic N) is 2. The summed E-state index contributed by atoms with van der Waals surface area (Å²) in [6, 6.07) is 0. The van der Waals surface area contributed by atoms with Gasteiger partial charge in [-0.1, -0.05) is 0 Å². The van der Waals surface area contributed by atoms with Gasteiger partial charge in [-0.15, -0.1) is 0 Å². The van der Waals surface area contributed by atoms with E-state index in [9.17, 15) is 0 Å². The van der Waals surface area contributed by atoms with Gasteiger partial charge in [-0.2, -0.15) is 4.37 Å². The molecule has 1 aromatic heterocycles. The van der Waals surface area contributed by atoms with E-state index in [1.807, 2.05) is 0 Å². The summed E-state index contributed by atoms with van der Waals surface area (Å²) in [7, 11) is 0. The summed E-state index contributed by atoms with van der Waals surface area (Å²) in [5, 5.41) is 1.17. The van der Waals surface area contributed by atoms with Crippen molar-refractivity contribution in [1.82, 2.24) is 9.36 Å². The molecule has 1 saturated carbocycles. The summed E-state index contributed by atoms with van der Waals surface area (Å²) in [6.45, 7) is 0. The highest BCUT2D eigenvalue weighted by Crippen LogP contribution is 2.39. The molecule has 0 N–H and O–H groups in total. The number of rotatable bonds is 1. The largest absolute Gasteiger partial charge is 0.217 e. The lowest BCUT2D eigenvalue weighted by molar-refractivity contribution is 1.07. The lowest BCUT2D eigenvalue weighted by atomic mass is 10.5. The van der Waals surface area contributed by atoms with Gasteiger partial charge in [0.15, 0.2) is 0 Å². The molecule has 1 aliphatic rings. The third kappa shape index (κ3) is 0.629. The predicted octanol–water partition coefficient (Wildman–Crippen LogP) is 1.22. The van der Waals surface area contributed by atoms with Crippen LogP contribution < -0.4 is 0 Å². The molecule has 1 heterocycles. The zero-order valence-electron chi connectivity index (χ0n) is 4.29. The molecule has 8 heavy (non-hydrogen) atoms. The van der Waals surface area contributed by atoms with Crippen LogP contribution in [0.3, 0.4) is 0 Å². The Morgan fingerprint density at radius 3 is 3.00 bits per heavy atom. The monoisotopic (exact) mass is 125 g/mol. The Labute approximate surface area is 51.7 Å². The van der Waals surface area contributed by atoms with E-state index < -0.39 is 0 Å². The Hall–Kier alpha value is -0.440. The Morgan fingerprint density at radius 2 is 2.50 bits per heavy atom. The molecule has 3 heteroatoms. The Kier molecular flexibility index (Phi) is 0.842. The first-order valence-corrected chi connectivity index (χ1v) is 3.44. The van der Waals surface area contributed by atoms with Crippen LogP contribution in [0, 0.1) is 6.33 Å². The van der Waals surface area contributed by atoms with Gasteiger partial charge in [0, 0.05) is 5.92 Å². The van der Waals surface area contributed by atoms with Crippen LogP contribution in [0.1, 0.15) is 23.8 Å². The Balaban J connectivity index is 2.28. The lowest BCUT2D eigenvalue weighted by Gasteiger charge is -1.78. The molecule has 0 atom stereocenters. The molecule has 0 amide bonds. The average molecular weight is 125 g/mol. The summed E-state index contributed by atoms with van der Waals surface area (Å²) in [5.74, 6) is 0.749. The molecule has 1 aliphatic carbocycles. The zero-order valence-corrected chi connectivity index (χ0v) is 5.11. The number of hydrogen-bond acceptors (Lipinski definition) is 3. The minimum Gasteiger partial charge on any atom is -0.217 e. The van der Waals surface area contributed by atoms with Gasteiger partial charge in [0.05, 0.1) is 0 Å². The fourth-order valence-electron chi connectivity index (χ4n) is 0.653. The van der Waals surface area contributed by atoms with Gasteiger partial charge in [0.25, 0.3) is 0 Å². The van der Waals surface area contributed by atoms with Gasteiger partial charge in [0.2, 0.25) is 6.33 Å². The summed E-state index contributed by atoms with van der Waals surface area (Å²) >= 11 is 1.48. The van der Waals surface area contributed by atoms with Crippen molar-refractivity contribution in [2.45, 2.75) is 18.8 Å². The van der Waals surface area contributed by atoms with Gasteiger partial charge < -0.3 is 0 Å². The smallest absolute Gasteiger partial charge is 0.211 e. The number of aromatic nitrogens is 2. The molecule has 0 aliphatic heterocycles. The molecule has 0 unspecified atom stereocenters. The zero-order chi connectivity index (χ0) is 5.40. The summed E-state index contributed by atoms with van der Waals surface area (Å²) in [4.78, 5) is 3.96. The van der Waals surface area contributed by atoms with E-state index in [1.54, 1.807) is 0 Å². The fraction of sp³-hybridized carbons (Fsp3) is 0.600. The first-order chi connectivity index (χ1) is 3.97. The third-order valence-electron chi connectivity index (χ3n) is 1.27. The van der Waals surface area contributed by atoms with E-state index in [2.05, 4.69) is 15.7 Å². The highest BCUT2D eigenvalue weighted by molar-refractivity contribution is 7.05. The average Bonchev–Trinajstić information content (AvgIpc) is 2.49. The molecule has 1 radical (unpaired) electrons. The molecule has 2 nitrogen and oxygen atoms in total. The lowest BCUT2D eigenvalue weighted by Crippen LogP contribution is -1.70. The van der Waals surface area contributed by atoms with E-state index >= 15 is 0 Å². The van der Waals surface area contributed by atoms with E-state index in [0.29, 0.717) is 0 Å². The van der Waals surface area contributed by atoms with E-state index in [4.69, 9.17) is 0 Å². The second-order valence-electron chi connectivity index (χ2n) is 2.01. The van der Waals surface area contributed by atoms with Crippen molar-refractivity contribution in [2.75, 3.05) is 0 Å². The first kappa shape index (κ1) is 4.44. The summed E-state index contributed by atoms with van der Waals surface area (Å²) in [6.07, 6.45) is 5.19. The summed E-state index contributed by atoms with van der Waals surface area (Å²) in [5.41, 5.74) is 0. The fourth-order valence-corrected chi connectivity index (χ4v) is 1.29. The second-order valence-corrected chi connectivity index (χ2v) is 2.79.